The minimum absolute atomic E-state index is 0.0113. The molecule has 0 aromatic carbocycles. The lowest BCUT2D eigenvalue weighted by Gasteiger charge is -2.11. The van der Waals surface area contributed by atoms with Crippen molar-refractivity contribution in [3.8, 4) is 0 Å². The summed E-state index contributed by atoms with van der Waals surface area (Å²) in [5.41, 5.74) is 6.34. The second kappa shape index (κ2) is 9.49. The van der Waals surface area contributed by atoms with Crippen molar-refractivity contribution >= 4 is 0 Å². The maximum Gasteiger partial charge on any atom is 0.122 e. The van der Waals surface area contributed by atoms with Crippen LogP contribution in [0.2, 0.25) is 0 Å². The lowest BCUT2D eigenvalue weighted by Crippen LogP contribution is -2.03. The predicted octanol–water partition coefficient (Wildman–Crippen LogP) is 1.75. The van der Waals surface area contributed by atoms with Crippen LogP contribution in [0.25, 0.3) is 0 Å². The number of hydrogen-bond donors (Lipinski definition) is 2. The highest BCUT2D eigenvalue weighted by Crippen LogP contribution is 2.15. The average molecular weight is 211 g/mol. The first-order chi connectivity index (χ1) is 7.26. The molecule has 0 aliphatic carbocycles. The van der Waals surface area contributed by atoms with Gasteiger partial charge in [0.1, 0.15) is 12.4 Å². The molecular formula is C12H21NO2. The van der Waals surface area contributed by atoms with E-state index in [1.165, 1.54) is 0 Å². The Bertz CT molecular complexity index is 232. The van der Waals surface area contributed by atoms with E-state index in [9.17, 15) is 0 Å². The smallest absolute Gasteiger partial charge is 0.122 e. The summed E-state index contributed by atoms with van der Waals surface area (Å²) in [4.78, 5) is 0. The zero-order chi connectivity index (χ0) is 11.5. The quantitative estimate of drug-likeness (QED) is 0.475. The highest BCUT2D eigenvalue weighted by atomic mass is 16.5. The maximum atomic E-state index is 8.68. The van der Waals surface area contributed by atoms with Crippen molar-refractivity contribution in [3.63, 3.8) is 0 Å². The topological polar surface area (TPSA) is 55.5 Å². The maximum absolute atomic E-state index is 8.68. The van der Waals surface area contributed by atoms with Crippen LogP contribution < -0.4 is 5.73 Å². The van der Waals surface area contributed by atoms with Crippen LogP contribution in [0.3, 0.4) is 0 Å². The van der Waals surface area contributed by atoms with E-state index in [1.54, 1.807) is 0 Å². The fourth-order valence-electron chi connectivity index (χ4n) is 1.05. The molecule has 3 heteroatoms. The molecule has 0 rings (SSSR count). The van der Waals surface area contributed by atoms with Gasteiger partial charge in [-0.3, -0.25) is 0 Å². The predicted molar refractivity (Wildman–Crippen MR) is 63.4 cm³/mol. The highest BCUT2D eigenvalue weighted by Gasteiger charge is 2.02. The van der Waals surface area contributed by atoms with Crippen LogP contribution in [0, 0.1) is 0 Å². The molecule has 0 fully saturated rings. The number of nitrogens with two attached hydrogens (primary N) is 1. The summed E-state index contributed by atoms with van der Waals surface area (Å²) in [6, 6.07) is 0. The van der Waals surface area contributed by atoms with Gasteiger partial charge < -0.3 is 15.6 Å². The summed E-state index contributed by atoms with van der Waals surface area (Å²) in [5, 5.41) is 8.68. The Morgan fingerprint density at radius 3 is 2.80 bits per heavy atom. The number of hydrogen-bond acceptors (Lipinski definition) is 3. The first-order valence-electron chi connectivity index (χ1n) is 5.21. The normalized spacial score (nSPS) is 12.1. The van der Waals surface area contributed by atoms with E-state index in [0.717, 1.165) is 24.2 Å². The minimum atomic E-state index is 0.0113. The Hall–Kier alpha value is -1.06. The monoisotopic (exact) mass is 211 g/mol. The molecule has 0 radical (unpaired) electrons. The first-order valence-corrected chi connectivity index (χ1v) is 5.21. The standard InChI is InChI=1S/C12H21NO2/c1-3-4-7-12(15-10-9-14)11(2)6-5-8-13/h3-4,7,14H,2,5-6,8-10,13H2,1H3/b4-3-,12-7+. The lowest BCUT2D eigenvalue weighted by atomic mass is 10.1. The first kappa shape index (κ1) is 13.9. The van der Waals surface area contributed by atoms with Crippen LogP contribution in [0.15, 0.2) is 36.1 Å². The summed E-state index contributed by atoms with van der Waals surface area (Å²) in [7, 11) is 0. The molecule has 0 saturated heterocycles. The van der Waals surface area contributed by atoms with E-state index >= 15 is 0 Å². The van der Waals surface area contributed by atoms with Crippen molar-refractivity contribution in [1.29, 1.82) is 0 Å². The van der Waals surface area contributed by atoms with Gasteiger partial charge in [-0.05, 0) is 38.0 Å². The molecule has 0 atom stereocenters. The van der Waals surface area contributed by atoms with Crippen LogP contribution in [-0.2, 0) is 4.74 Å². The Morgan fingerprint density at radius 1 is 1.53 bits per heavy atom. The zero-order valence-corrected chi connectivity index (χ0v) is 9.41. The molecular weight excluding hydrogens is 190 g/mol. The van der Waals surface area contributed by atoms with Gasteiger partial charge in [0.15, 0.2) is 0 Å². The second-order valence-corrected chi connectivity index (χ2v) is 3.12. The molecule has 0 amide bonds. The Kier molecular flexibility index (Phi) is 8.82. The fourth-order valence-corrected chi connectivity index (χ4v) is 1.05. The number of rotatable bonds is 8. The van der Waals surface area contributed by atoms with E-state index in [0.29, 0.717) is 13.2 Å². The molecule has 15 heavy (non-hydrogen) atoms. The van der Waals surface area contributed by atoms with Gasteiger partial charge in [0, 0.05) is 0 Å². The summed E-state index contributed by atoms with van der Waals surface area (Å²) >= 11 is 0. The highest BCUT2D eigenvalue weighted by molar-refractivity contribution is 5.26. The molecule has 0 aromatic rings. The van der Waals surface area contributed by atoms with Crippen molar-refractivity contribution < 1.29 is 9.84 Å². The second-order valence-electron chi connectivity index (χ2n) is 3.12. The van der Waals surface area contributed by atoms with Crippen molar-refractivity contribution in [2.45, 2.75) is 19.8 Å². The van der Waals surface area contributed by atoms with Crippen LogP contribution in [0.1, 0.15) is 19.8 Å². The van der Waals surface area contributed by atoms with Crippen molar-refractivity contribution in [3.05, 3.63) is 36.1 Å². The minimum Gasteiger partial charge on any atom is -0.491 e. The van der Waals surface area contributed by atoms with Gasteiger partial charge in [0.25, 0.3) is 0 Å². The number of ether oxygens (including phenoxy) is 1. The zero-order valence-electron chi connectivity index (χ0n) is 9.41. The van der Waals surface area contributed by atoms with Gasteiger partial charge in [-0.2, -0.15) is 0 Å². The van der Waals surface area contributed by atoms with Gasteiger partial charge in [-0.25, -0.2) is 0 Å². The largest absolute Gasteiger partial charge is 0.491 e. The van der Waals surface area contributed by atoms with E-state index in [-0.39, 0.29) is 6.61 Å². The molecule has 0 unspecified atom stereocenters. The molecule has 0 saturated carbocycles. The molecule has 3 N–H and O–H groups in total. The third kappa shape index (κ3) is 6.94. The van der Waals surface area contributed by atoms with Crippen molar-refractivity contribution in [2.24, 2.45) is 5.73 Å². The summed E-state index contributed by atoms with van der Waals surface area (Å²) < 4.78 is 5.37. The van der Waals surface area contributed by atoms with Crippen LogP contribution in [-0.4, -0.2) is 24.9 Å². The van der Waals surface area contributed by atoms with Gasteiger partial charge in [-0.15, -0.1) is 0 Å². The van der Waals surface area contributed by atoms with Crippen LogP contribution in [0.4, 0.5) is 0 Å². The molecule has 3 nitrogen and oxygen atoms in total. The Balaban J connectivity index is 4.27. The number of aliphatic hydroxyl groups excluding tert-OH is 1. The SMILES string of the molecule is C=C(CCCN)/C(=C\C=C/C)OCCO. The molecule has 0 aliphatic heterocycles. The van der Waals surface area contributed by atoms with E-state index in [1.807, 2.05) is 25.2 Å². The van der Waals surface area contributed by atoms with Gasteiger partial charge in [-0.1, -0.05) is 18.7 Å². The Morgan fingerprint density at radius 2 is 2.27 bits per heavy atom. The van der Waals surface area contributed by atoms with Gasteiger partial charge >= 0.3 is 0 Å². The third-order valence-electron chi connectivity index (χ3n) is 1.82. The number of allylic oxidation sites excluding steroid dienone is 4. The molecule has 86 valence electrons. The van der Waals surface area contributed by atoms with Crippen molar-refractivity contribution in [1.82, 2.24) is 0 Å². The van der Waals surface area contributed by atoms with E-state index in [4.69, 9.17) is 15.6 Å². The van der Waals surface area contributed by atoms with Crippen LogP contribution >= 0.6 is 0 Å². The van der Waals surface area contributed by atoms with Crippen LogP contribution in [0.5, 0.6) is 0 Å². The molecule has 0 aromatic heterocycles. The summed E-state index contributed by atoms with van der Waals surface area (Å²) in [6.45, 7) is 6.82. The van der Waals surface area contributed by atoms with Crippen molar-refractivity contribution in [2.75, 3.05) is 19.8 Å². The molecule has 0 aliphatic rings. The van der Waals surface area contributed by atoms with Gasteiger partial charge in [0.2, 0.25) is 0 Å². The van der Waals surface area contributed by atoms with E-state index in [2.05, 4.69) is 6.58 Å². The average Bonchev–Trinajstić information content (AvgIpc) is 2.26. The fraction of sp³-hybridized carbons (Fsp3) is 0.500. The summed E-state index contributed by atoms with van der Waals surface area (Å²) in [5.74, 6) is 0.732. The molecule has 0 spiro atoms. The van der Waals surface area contributed by atoms with E-state index < -0.39 is 0 Å². The molecule has 0 bridgehead atoms. The third-order valence-corrected chi connectivity index (χ3v) is 1.82. The van der Waals surface area contributed by atoms with Gasteiger partial charge in [0.05, 0.1) is 6.61 Å². The summed E-state index contributed by atoms with van der Waals surface area (Å²) in [6.07, 6.45) is 7.38. The Labute approximate surface area is 91.9 Å². The number of aliphatic hydroxyl groups is 1. The lowest BCUT2D eigenvalue weighted by molar-refractivity contribution is 0.149. The molecule has 0 heterocycles.